The number of aromatic amines is 1. The number of hydrogen-bond donors (Lipinski definition) is 2. The number of rotatable bonds is 5. The minimum absolute atomic E-state index is 0.000393. The van der Waals surface area contributed by atoms with Crippen molar-refractivity contribution in [3.8, 4) is 0 Å². The van der Waals surface area contributed by atoms with E-state index in [1.807, 2.05) is 14.1 Å². The smallest absolute Gasteiger partial charge is 0.178 e. The summed E-state index contributed by atoms with van der Waals surface area (Å²) in [5, 5.41) is 0.000393. The Labute approximate surface area is 155 Å². The molecule has 0 aliphatic carbocycles. The van der Waals surface area contributed by atoms with E-state index in [4.69, 9.17) is 17.3 Å². The van der Waals surface area contributed by atoms with E-state index in [1.54, 1.807) is 12.3 Å². The number of H-pyrrole nitrogens is 1. The predicted octanol–water partition coefficient (Wildman–Crippen LogP) is 3.28. The number of benzene rings is 1. The first-order valence-electron chi connectivity index (χ1n) is 8.14. The molecule has 0 aliphatic rings. The maximum atomic E-state index is 13.3. The Kier molecular flexibility index (Phi) is 5.20. The van der Waals surface area contributed by atoms with Gasteiger partial charge in [0.25, 0.3) is 0 Å². The highest BCUT2D eigenvalue weighted by Gasteiger charge is 2.14. The number of likely N-dealkylation sites (N-methyl/N-ethyl adjacent to an activating group) is 1. The molecule has 26 heavy (non-hydrogen) atoms. The molecule has 3 rings (SSSR count). The lowest BCUT2D eigenvalue weighted by Gasteiger charge is -2.17. The molecule has 0 spiro atoms. The first-order valence-corrected chi connectivity index (χ1v) is 8.52. The lowest BCUT2D eigenvalue weighted by molar-refractivity contribution is 0.309. The van der Waals surface area contributed by atoms with Crippen molar-refractivity contribution in [1.82, 2.24) is 19.9 Å². The molecule has 1 atom stereocenters. The SMILES string of the molecule is CC(Cc1nc2nccc(C(N)=Nc3ccc(F)c(Cl)c3)c2[nH]1)N(C)C. The van der Waals surface area contributed by atoms with Gasteiger partial charge in [0.05, 0.1) is 16.2 Å². The minimum atomic E-state index is -0.497. The minimum Gasteiger partial charge on any atom is -0.383 e. The van der Waals surface area contributed by atoms with Gasteiger partial charge >= 0.3 is 0 Å². The molecule has 0 aliphatic heterocycles. The predicted molar refractivity (Wildman–Crippen MR) is 103 cm³/mol. The van der Waals surface area contributed by atoms with E-state index in [1.165, 1.54) is 18.2 Å². The molecule has 3 N–H and O–H groups in total. The van der Waals surface area contributed by atoms with Gasteiger partial charge < -0.3 is 15.6 Å². The molecule has 0 saturated heterocycles. The molecule has 136 valence electrons. The van der Waals surface area contributed by atoms with Crippen molar-refractivity contribution < 1.29 is 4.39 Å². The van der Waals surface area contributed by atoms with E-state index < -0.39 is 5.82 Å². The number of halogens is 2. The van der Waals surface area contributed by atoms with E-state index in [0.717, 1.165) is 17.8 Å². The van der Waals surface area contributed by atoms with Gasteiger partial charge in [0.1, 0.15) is 17.5 Å². The van der Waals surface area contributed by atoms with Gasteiger partial charge in [-0.25, -0.2) is 19.4 Å². The van der Waals surface area contributed by atoms with Crippen LogP contribution in [0, 0.1) is 5.82 Å². The summed E-state index contributed by atoms with van der Waals surface area (Å²) in [5.74, 6) is 0.610. The number of pyridine rings is 1. The van der Waals surface area contributed by atoms with Gasteiger partial charge in [0.2, 0.25) is 0 Å². The quantitative estimate of drug-likeness (QED) is 0.530. The van der Waals surface area contributed by atoms with E-state index in [9.17, 15) is 4.39 Å². The number of aliphatic imine (C=N–C) groups is 1. The number of nitrogens with two attached hydrogens (primary N) is 1. The second kappa shape index (κ2) is 7.39. The Morgan fingerprint density at radius 1 is 1.38 bits per heavy atom. The number of imidazole rings is 1. The maximum absolute atomic E-state index is 13.3. The zero-order chi connectivity index (χ0) is 18.8. The summed E-state index contributed by atoms with van der Waals surface area (Å²) >= 11 is 5.80. The van der Waals surface area contributed by atoms with Crippen LogP contribution < -0.4 is 5.73 Å². The van der Waals surface area contributed by atoms with Crippen molar-refractivity contribution in [3.63, 3.8) is 0 Å². The van der Waals surface area contributed by atoms with Crippen molar-refractivity contribution in [2.24, 2.45) is 10.7 Å². The Morgan fingerprint density at radius 2 is 2.15 bits per heavy atom. The average Bonchev–Trinajstić information content (AvgIpc) is 3.00. The van der Waals surface area contributed by atoms with E-state index in [-0.39, 0.29) is 10.9 Å². The molecule has 6 nitrogen and oxygen atoms in total. The first kappa shape index (κ1) is 18.3. The monoisotopic (exact) mass is 374 g/mol. The molecule has 1 unspecified atom stereocenters. The third kappa shape index (κ3) is 3.84. The fourth-order valence-corrected chi connectivity index (χ4v) is 2.66. The molecular formula is C18H20ClFN6. The second-order valence-electron chi connectivity index (χ2n) is 6.35. The van der Waals surface area contributed by atoms with Gasteiger partial charge in [-0.2, -0.15) is 0 Å². The molecule has 0 bridgehead atoms. The number of fused-ring (bicyclic) bond motifs is 1. The van der Waals surface area contributed by atoms with Crippen LogP contribution in [0.25, 0.3) is 11.2 Å². The highest BCUT2D eigenvalue weighted by molar-refractivity contribution is 6.31. The maximum Gasteiger partial charge on any atom is 0.178 e. The summed E-state index contributed by atoms with van der Waals surface area (Å²) in [5.41, 5.74) is 8.64. The van der Waals surface area contributed by atoms with Crippen molar-refractivity contribution in [2.45, 2.75) is 19.4 Å². The summed E-state index contributed by atoms with van der Waals surface area (Å²) in [6.45, 7) is 2.12. The highest BCUT2D eigenvalue weighted by atomic mass is 35.5. The summed E-state index contributed by atoms with van der Waals surface area (Å²) < 4.78 is 13.3. The summed E-state index contributed by atoms with van der Waals surface area (Å²) in [6, 6.07) is 6.30. The lowest BCUT2D eigenvalue weighted by Crippen LogP contribution is -2.27. The molecule has 1 aromatic carbocycles. The Balaban J connectivity index is 1.97. The van der Waals surface area contributed by atoms with Gasteiger partial charge in [0.15, 0.2) is 5.65 Å². The standard InChI is InChI=1S/C18H20ClFN6/c1-10(26(2)3)8-15-24-16-12(6-7-22-18(16)25-15)17(21)23-11-4-5-14(20)13(19)9-11/h4-7,9-10H,8H2,1-3H3,(H2,21,23)(H,22,24,25). The number of amidine groups is 1. The molecule has 8 heteroatoms. The molecule has 3 aromatic rings. The Bertz CT molecular complexity index is 965. The van der Waals surface area contributed by atoms with Crippen LogP contribution in [0.5, 0.6) is 0 Å². The van der Waals surface area contributed by atoms with E-state index in [0.29, 0.717) is 22.9 Å². The molecular weight excluding hydrogens is 355 g/mol. The molecule has 0 amide bonds. The summed E-state index contributed by atoms with van der Waals surface area (Å²) in [7, 11) is 4.05. The fraction of sp³-hybridized carbons (Fsp3) is 0.278. The molecule has 0 fully saturated rings. The highest BCUT2D eigenvalue weighted by Crippen LogP contribution is 2.23. The Hall–Kier alpha value is -2.51. The third-order valence-electron chi connectivity index (χ3n) is 4.24. The Morgan fingerprint density at radius 3 is 2.85 bits per heavy atom. The van der Waals surface area contributed by atoms with Crippen molar-refractivity contribution in [3.05, 3.63) is 52.7 Å². The largest absolute Gasteiger partial charge is 0.383 e. The topological polar surface area (TPSA) is 83.2 Å². The normalized spacial score (nSPS) is 13.5. The molecule has 2 aromatic heterocycles. The number of nitrogens with zero attached hydrogens (tertiary/aromatic N) is 4. The zero-order valence-corrected chi connectivity index (χ0v) is 15.5. The van der Waals surface area contributed by atoms with Crippen LogP contribution in [0.2, 0.25) is 5.02 Å². The van der Waals surface area contributed by atoms with Crippen LogP contribution in [0.4, 0.5) is 10.1 Å². The number of aromatic nitrogens is 3. The van der Waals surface area contributed by atoms with Crippen LogP contribution in [-0.4, -0.2) is 45.8 Å². The zero-order valence-electron chi connectivity index (χ0n) is 14.8. The first-order chi connectivity index (χ1) is 12.3. The summed E-state index contributed by atoms with van der Waals surface area (Å²) in [4.78, 5) is 18.6. The second-order valence-corrected chi connectivity index (χ2v) is 6.76. The average molecular weight is 375 g/mol. The van der Waals surface area contributed by atoms with Crippen LogP contribution in [0.1, 0.15) is 18.3 Å². The number of nitrogens with one attached hydrogen (secondary N) is 1. The van der Waals surface area contributed by atoms with Gasteiger partial charge in [-0.05, 0) is 45.3 Å². The van der Waals surface area contributed by atoms with Gasteiger partial charge in [-0.15, -0.1) is 0 Å². The molecule has 0 radical (unpaired) electrons. The van der Waals surface area contributed by atoms with Crippen LogP contribution in [-0.2, 0) is 6.42 Å². The van der Waals surface area contributed by atoms with Crippen molar-refractivity contribution in [1.29, 1.82) is 0 Å². The number of hydrogen-bond acceptors (Lipinski definition) is 4. The molecule has 2 heterocycles. The summed E-state index contributed by atoms with van der Waals surface area (Å²) in [6.07, 6.45) is 2.39. The third-order valence-corrected chi connectivity index (χ3v) is 4.53. The lowest BCUT2D eigenvalue weighted by atomic mass is 10.2. The van der Waals surface area contributed by atoms with Gasteiger partial charge in [-0.3, -0.25) is 0 Å². The van der Waals surface area contributed by atoms with Crippen LogP contribution in [0.15, 0.2) is 35.5 Å². The van der Waals surface area contributed by atoms with Crippen LogP contribution in [0.3, 0.4) is 0 Å². The van der Waals surface area contributed by atoms with Crippen molar-refractivity contribution in [2.75, 3.05) is 14.1 Å². The van der Waals surface area contributed by atoms with Crippen LogP contribution >= 0.6 is 11.6 Å². The van der Waals surface area contributed by atoms with Gasteiger partial charge in [0, 0.05) is 24.2 Å². The fourth-order valence-electron chi connectivity index (χ4n) is 2.49. The van der Waals surface area contributed by atoms with Crippen molar-refractivity contribution >= 4 is 34.3 Å². The molecule has 0 saturated carbocycles. The van der Waals surface area contributed by atoms with Gasteiger partial charge in [-0.1, -0.05) is 11.6 Å². The van der Waals surface area contributed by atoms with E-state index >= 15 is 0 Å². The van der Waals surface area contributed by atoms with E-state index in [2.05, 4.69) is 31.8 Å².